The number of nitrogen functional groups attached to an aromatic ring is 1. The van der Waals surface area contributed by atoms with E-state index in [1.807, 2.05) is 0 Å². The van der Waals surface area contributed by atoms with Crippen molar-refractivity contribution in [3.8, 4) is 17.3 Å². The van der Waals surface area contributed by atoms with Crippen LogP contribution in [0.5, 0.6) is 11.5 Å². The Morgan fingerprint density at radius 3 is 2.77 bits per heavy atom. The SMILES string of the molecule is COc1cc(/C=N\NC(=O)c2c(CN3CCCC3)nnn2-c2nonc2N)ccc1OCc1ccccc1F. The molecule has 1 saturated heterocycles. The highest BCUT2D eigenvalue weighted by atomic mass is 19.1. The Kier molecular flexibility index (Phi) is 7.73. The van der Waals surface area contributed by atoms with Crippen LogP contribution < -0.4 is 20.6 Å². The van der Waals surface area contributed by atoms with Gasteiger partial charge in [-0.2, -0.15) is 9.78 Å². The fourth-order valence-corrected chi connectivity index (χ4v) is 4.16. The van der Waals surface area contributed by atoms with Crippen LogP contribution in [-0.4, -0.2) is 62.5 Å². The standard InChI is InChI=1S/C25H26FN9O4/c1-37-21-12-16(8-9-20(21)38-15-17-6-2-3-7-18(17)26)13-28-30-25(36)22-19(14-34-10-4-5-11-34)29-33-35(22)24-23(27)31-39-32-24/h2-3,6-9,12-13H,4-5,10-11,14-15H2,1H3,(H2,27,31)(H,30,36)/b28-13-. The first-order valence-corrected chi connectivity index (χ1v) is 12.2. The number of aromatic nitrogens is 5. The highest BCUT2D eigenvalue weighted by molar-refractivity contribution is 5.95. The fraction of sp³-hybridized carbons (Fsp3) is 0.280. The average molecular weight is 536 g/mol. The molecule has 5 rings (SSSR count). The van der Waals surface area contributed by atoms with Crippen LogP contribution in [0.2, 0.25) is 0 Å². The van der Waals surface area contributed by atoms with E-state index in [4.69, 9.17) is 15.2 Å². The molecule has 2 aromatic carbocycles. The predicted octanol–water partition coefficient (Wildman–Crippen LogP) is 2.32. The van der Waals surface area contributed by atoms with Gasteiger partial charge >= 0.3 is 0 Å². The molecule has 202 valence electrons. The van der Waals surface area contributed by atoms with Gasteiger partial charge < -0.3 is 15.2 Å². The number of halogens is 1. The molecular formula is C25H26FN9O4. The van der Waals surface area contributed by atoms with E-state index in [1.165, 1.54) is 24.1 Å². The number of nitrogens with one attached hydrogen (secondary N) is 1. The summed E-state index contributed by atoms with van der Waals surface area (Å²) >= 11 is 0. The number of ether oxygens (including phenoxy) is 2. The van der Waals surface area contributed by atoms with E-state index in [2.05, 4.69) is 40.7 Å². The number of hydrazone groups is 1. The van der Waals surface area contributed by atoms with Crippen LogP contribution in [0.25, 0.3) is 5.82 Å². The Morgan fingerprint density at radius 2 is 2.03 bits per heavy atom. The summed E-state index contributed by atoms with van der Waals surface area (Å²) in [5, 5.41) is 19.6. The van der Waals surface area contributed by atoms with Crippen LogP contribution in [0.4, 0.5) is 10.2 Å². The minimum Gasteiger partial charge on any atom is -0.493 e. The number of hydrogen-bond acceptors (Lipinski definition) is 11. The Morgan fingerprint density at radius 1 is 1.21 bits per heavy atom. The molecule has 3 heterocycles. The lowest BCUT2D eigenvalue weighted by atomic mass is 10.2. The molecule has 14 heteroatoms. The number of hydrogen-bond donors (Lipinski definition) is 2. The molecular weight excluding hydrogens is 509 g/mol. The smallest absolute Gasteiger partial charge is 0.292 e. The van der Waals surface area contributed by atoms with E-state index in [-0.39, 0.29) is 29.8 Å². The normalized spacial score (nSPS) is 13.7. The van der Waals surface area contributed by atoms with Crippen molar-refractivity contribution in [1.29, 1.82) is 0 Å². The third-order valence-electron chi connectivity index (χ3n) is 6.13. The van der Waals surface area contributed by atoms with Crippen LogP contribution in [0.3, 0.4) is 0 Å². The minimum atomic E-state index is -0.565. The van der Waals surface area contributed by atoms with Crippen molar-refractivity contribution >= 4 is 17.9 Å². The maximum absolute atomic E-state index is 13.9. The molecule has 0 saturated carbocycles. The van der Waals surface area contributed by atoms with Crippen LogP contribution in [-0.2, 0) is 13.2 Å². The van der Waals surface area contributed by atoms with Crippen LogP contribution in [0.1, 0.15) is 40.2 Å². The van der Waals surface area contributed by atoms with Gasteiger partial charge in [0, 0.05) is 12.1 Å². The second kappa shape index (κ2) is 11.7. The van der Waals surface area contributed by atoms with Gasteiger partial charge in [0.05, 0.1) is 13.3 Å². The summed E-state index contributed by atoms with van der Waals surface area (Å²) in [6, 6.07) is 11.5. The number of likely N-dealkylation sites (tertiary alicyclic amines) is 1. The molecule has 13 nitrogen and oxygen atoms in total. The van der Waals surface area contributed by atoms with Gasteiger partial charge in [-0.15, -0.1) is 5.10 Å². The van der Waals surface area contributed by atoms with E-state index in [0.717, 1.165) is 25.9 Å². The summed E-state index contributed by atoms with van der Waals surface area (Å²) < 4.78 is 30.9. The Hall–Kier alpha value is -4.85. The summed E-state index contributed by atoms with van der Waals surface area (Å²) in [4.78, 5) is 15.4. The van der Waals surface area contributed by atoms with E-state index in [1.54, 1.807) is 36.4 Å². The van der Waals surface area contributed by atoms with E-state index in [0.29, 0.717) is 34.9 Å². The molecule has 0 atom stereocenters. The van der Waals surface area contributed by atoms with Crippen LogP contribution in [0.15, 0.2) is 52.2 Å². The summed E-state index contributed by atoms with van der Waals surface area (Å²) in [5.74, 6) is -0.0362. The van der Waals surface area contributed by atoms with Crippen molar-refractivity contribution in [3.63, 3.8) is 0 Å². The van der Waals surface area contributed by atoms with Gasteiger partial charge in [-0.25, -0.2) is 14.4 Å². The molecule has 3 N–H and O–H groups in total. The van der Waals surface area contributed by atoms with E-state index < -0.39 is 5.91 Å². The first-order chi connectivity index (χ1) is 19.0. The van der Waals surface area contributed by atoms with Gasteiger partial charge in [0.15, 0.2) is 17.2 Å². The van der Waals surface area contributed by atoms with Crippen molar-refractivity contribution in [2.24, 2.45) is 5.10 Å². The zero-order valence-electron chi connectivity index (χ0n) is 21.1. The molecule has 39 heavy (non-hydrogen) atoms. The van der Waals surface area contributed by atoms with Gasteiger partial charge in [-0.05, 0) is 66.1 Å². The highest BCUT2D eigenvalue weighted by Crippen LogP contribution is 2.28. The molecule has 0 bridgehead atoms. The number of carbonyl (C=O) groups is 1. The number of carbonyl (C=O) groups excluding carboxylic acids is 1. The van der Waals surface area contributed by atoms with E-state index >= 15 is 0 Å². The average Bonchev–Trinajstić information content (AvgIpc) is 3.70. The molecule has 0 unspecified atom stereocenters. The number of anilines is 1. The van der Waals surface area contributed by atoms with Crippen molar-refractivity contribution in [3.05, 3.63) is 70.8 Å². The first kappa shape index (κ1) is 25.8. The second-order valence-corrected chi connectivity index (χ2v) is 8.74. The lowest BCUT2D eigenvalue weighted by molar-refractivity contribution is 0.0945. The number of rotatable bonds is 10. The van der Waals surface area contributed by atoms with Crippen molar-refractivity contribution in [2.75, 3.05) is 25.9 Å². The summed E-state index contributed by atoms with van der Waals surface area (Å²) in [6.45, 7) is 2.28. The van der Waals surface area contributed by atoms with Crippen molar-refractivity contribution in [1.82, 2.24) is 35.6 Å². The number of nitrogens with zero attached hydrogens (tertiary/aromatic N) is 7. The highest BCUT2D eigenvalue weighted by Gasteiger charge is 2.27. The molecule has 0 radical (unpaired) electrons. The molecule has 2 aromatic heterocycles. The summed E-state index contributed by atoms with van der Waals surface area (Å²) in [7, 11) is 1.49. The fourth-order valence-electron chi connectivity index (χ4n) is 4.16. The molecule has 0 spiro atoms. The Bertz CT molecular complexity index is 1480. The van der Waals surface area contributed by atoms with Gasteiger partial charge in [-0.3, -0.25) is 9.69 Å². The molecule has 4 aromatic rings. The molecule has 1 aliphatic rings. The van der Waals surface area contributed by atoms with Gasteiger partial charge in [-0.1, -0.05) is 23.4 Å². The van der Waals surface area contributed by atoms with Gasteiger partial charge in [0.2, 0.25) is 11.6 Å². The van der Waals surface area contributed by atoms with Gasteiger partial charge in [0.25, 0.3) is 5.91 Å². The zero-order chi connectivity index (χ0) is 27.2. The maximum Gasteiger partial charge on any atom is 0.292 e. The minimum absolute atomic E-state index is 0.0328. The topological polar surface area (TPSA) is 159 Å². The zero-order valence-corrected chi connectivity index (χ0v) is 21.1. The quantitative estimate of drug-likeness (QED) is 0.228. The molecule has 1 fully saturated rings. The lowest BCUT2D eigenvalue weighted by Gasteiger charge is -2.13. The molecule has 1 amide bonds. The predicted molar refractivity (Wildman–Crippen MR) is 137 cm³/mol. The summed E-state index contributed by atoms with van der Waals surface area (Å²) in [6.07, 6.45) is 3.61. The largest absolute Gasteiger partial charge is 0.493 e. The number of benzene rings is 2. The van der Waals surface area contributed by atoms with Crippen LogP contribution >= 0.6 is 0 Å². The van der Waals surface area contributed by atoms with Crippen molar-refractivity contribution in [2.45, 2.75) is 26.0 Å². The molecule has 0 aliphatic carbocycles. The molecule has 1 aliphatic heterocycles. The number of amides is 1. The number of nitrogens with two attached hydrogens (primary N) is 1. The maximum atomic E-state index is 13.9. The second-order valence-electron chi connectivity index (χ2n) is 8.74. The lowest BCUT2D eigenvalue weighted by Crippen LogP contribution is -2.26. The van der Waals surface area contributed by atoms with Crippen molar-refractivity contribution < 1.29 is 23.3 Å². The van der Waals surface area contributed by atoms with Gasteiger partial charge in [0.1, 0.15) is 18.1 Å². The summed E-state index contributed by atoms with van der Waals surface area (Å²) in [5.41, 5.74) is 9.95. The third-order valence-corrected chi connectivity index (χ3v) is 6.13. The monoisotopic (exact) mass is 535 g/mol. The number of methoxy groups -OCH3 is 1. The third kappa shape index (κ3) is 5.85. The first-order valence-electron chi connectivity index (χ1n) is 12.2. The van der Waals surface area contributed by atoms with Crippen LogP contribution in [0, 0.1) is 5.82 Å². The van der Waals surface area contributed by atoms with E-state index in [9.17, 15) is 9.18 Å². The Balaban J connectivity index is 1.30. The Labute approximate surface area is 222 Å².